The van der Waals surface area contributed by atoms with E-state index in [1.807, 2.05) is 57.2 Å². The van der Waals surface area contributed by atoms with Gasteiger partial charge >= 0.3 is 0 Å². The second-order valence-electron chi connectivity index (χ2n) is 11.7. The van der Waals surface area contributed by atoms with E-state index in [4.69, 9.17) is 23.2 Å². The van der Waals surface area contributed by atoms with Gasteiger partial charge in [0, 0.05) is 35.1 Å². The van der Waals surface area contributed by atoms with Crippen molar-refractivity contribution in [3.63, 3.8) is 0 Å². The summed E-state index contributed by atoms with van der Waals surface area (Å²) in [7, 11) is -4.20. The maximum Gasteiger partial charge on any atom is 0.264 e. The quantitative estimate of drug-likeness (QED) is 0.162. The van der Waals surface area contributed by atoms with Crippen LogP contribution in [0.1, 0.15) is 36.1 Å². The topological polar surface area (TPSA) is 86.8 Å². The van der Waals surface area contributed by atoms with Crippen molar-refractivity contribution in [1.82, 2.24) is 10.2 Å². The first kappa shape index (κ1) is 35.0. The minimum Gasteiger partial charge on any atom is -0.354 e. The summed E-state index contributed by atoms with van der Waals surface area (Å²) in [6, 6.07) is 26.8. The molecule has 7 nitrogen and oxygen atoms in total. The highest BCUT2D eigenvalue weighted by molar-refractivity contribution is 7.92. The van der Waals surface area contributed by atoms with Crippen LogP contribution in [-0.4, -0.2) is 44.3 Å². The second-order valence-corrected chi connectivity index (χ2v) is 14.4. The Balaban J connectivity index is 1.85. The summed E-state index contributed by atoms with van der Waals surface area (Å²) in [6.07, 6.45) is 0.188. The Morgan fingerprint density at radius 1 is 0.826 bits per heavy atom. The number of amides is 2. The van der Waals surface area contributed by atoms with Gasteiger partial charge in [-0.05, 0) is 61.2 Å². The van der Waals surface area contributed by atoms with Crippen LogP contribution in [0.25, 0.3) is 0 Å². The van der Waals surface area contributed by atoms with E-state index >= 15 is 0 Å². The average molecular weight is 681 g/mol. The lowest BCUT2D eigenvalue weighted by Gasteiger charge is -2.34. The fraction of sp³-hybridized carbons (Fsp3) is 0.278. The van der Waals surface area contributed by atoms with Gasteiger partial charge in [-0.15, -0.1) is 0 Å². The molecule has 0 spiro atoms. The molecule has 1 atom stereocenters. The normalized spacial score (nSPS) is 12.1. The highest BCUT2D eigenvalue weighted by atomic mass is 35.5. The van der Waals surface area contributed by atoms with Gasteiger partial charge in [-0.25, -0.2) is 8.42 Å². The van der Waals surface area contributed by atoms with Gasteiger partial charge in [-0.2, -0.15) is 0 Å². The highest BCUT2D eigenvalue weighted by Crippen LogP contribution is 2.30. The summed E-state index contributed by atoms with van der Waals surface area (Å²) < 4.78 is 29.5. The number of carbonyl (C=O) groups is 2. The van der Waals surface area contributed by atoms with Gasteiger partial charge in [-0.1, -0.05) is 109 Å². The smallest absolute Gasteiger partial charge is 0.264 e. The second kappa shape index (κ2) is 15.6. The molecule has 0 radical (unpaired) electrons. The number of sulfonamides is 1. The predicted octanol–water partition coefficient (Wildman–Crippen LogP) is 7.22. The number of aryl methyl sites for hydroxylation is 2. The maximum atomic E-state index is 14.6. The van der Waals surface area contributed by atoms with Gasteiger partial charge in [-0.3, -0.25) is 13.9 Å². The number of rotatable bonds is 13. The van der Waals surface area contributed by atoms with E-state index in [0.717, 1.165) is 15.4 Å². The van der Waals surface area contributed by atoms with Crippen LogP contribution in [0.5, 0.6) is 0 Å². The summed E-state index contributed by atoms with van der Waals surface area (Å²) in [4.78, 5) is 30.0. The first-order chi connectivity index (χ1) is 21.9. The van der Waals surface area contributed by atoms with E-state index in [-0.39, 0.29) is 29.7 Å². The van der Waals surface area contributed by atoms with Crippen LogP contribution in [-0.2, 0) is 32.6 Å². The van der Waals surface area contributed by atoms with Gasteiger partial charge in [0.1, 0.15) is 12.6 Å². The van der Waals surface area contributed by atoms with Crippen molar-refractivity contribution in [2.75, 3.05) is 17.4 Å². The lowest BCUT2D eigenvalue weighted by molar-refractivity contribution is -0.140. The fourth-order valence-corrected chi connectivity index (χ4v) is 7.17. The molecular weight excluding hydrogens is 641 g/mol. The molecule has 4 aromatic rings. The van der Waals surface area contributed by atoms with Crippen molar-refractivity contribution in [2.24, 2.45) is 5.92 Å². The Morgan fingerprint density at radius 3 is 2.02 bits per heavy atom. The van der Waals surface area contributed by atoms with E-state index in [9.17, 15) is 18.0 Å². The molecule has 0 unspecified atom stereocenters. The molecule has 0 saturated heterocycles. The standard InChI is InChI=1S/C36H39Cl2N3O4S/c1-25(2)22-39-36(43)34(21-28-12-7-5-8-13-28)40(23-30-31(37)16-11-17-32(30)38)35(42)24-41(33-19-18-26(3)20-27(33)4)46(44,45)29-14-9-6-10-15-29/h5-20,25,34H,21-24H2,1-4H3,(H,39,43)/t34-/m0/s1. The third-order valence-electron chi connectivity index (χ3n) is 7.58. The van der Waals surface area contributed by atoms with Crippen LogP contribution in [0.3, 0.4) is 0 Å². The molecule has 46 heavy (non-hydrogen) atoms. The molecule has 0 aliphatic rings. The average Bonchev–Trinajstić information content (AvgIpc) is 3.02. The van der Waals surface area contributed by atoms with E-state index in [0.29, 0.717) is 33.4 Å². The van der Waals surface area contributed by atoms with Gasteiger partial charge in [0.25, 0.3) is 10.0 Å². The molecule has 4 rings (SSSR count). The van der Waals surface area contributed by atoms with Crippen molar-refractivity contribution in [1.29, 1.82) is 0 Å². The maximum absolute atomic E-state index is 14.6. The lowest BCUT2D eigenvalue weighted by atomic mass is 10.0. The molecule has 0 aliphatic carbocycles. The van der Waals surface area contributed by atoms with Crippen LogP contribution in [0, 0.1) is 19.8 Å². The molecule has 0 bridgehead atoms. The Labute approximate surface area is 282 Å². The first-order valence-electron chi connectivity index (χ1n) is 15.1. The number of carbonyl (C=O) groups excluding carboxylic acids is 2. The molecule has 10 heteroatoms. The number of benzene rings is 4. The van der Waals surface area contributed by atoms with Crippen LogP contribution < -0.4 is 9.62 Å². The van der Waals surface area contributed by atoms with E-state index in [2.05, 4.69) is 5.32 Å². The minimum absolute atomic E-state index is 0.0407. The molecule has 0 heterocycles. The summed E-state index contributed by atoms with van der Waals surface area (Å²) in [5.74, 6) is -0.784. The monoisotopic (exact) mass is 679 g/mol. The molecule has 0 aliphatic heterocycles. The number of halogens is 2. The molecular formula is C36H39Cl2N3O4S. The Hall–Kier alpha value is -3.85. The number of hydrogen-bond acceptors (Lipinski definition) is 4. The Morgan fingerprint density at radius 2 is 1.43 bits per heavy atom. The highest BCUT2D eigenvalue weighted by Gasteiger charge is 2.35. The number of nitrogens with zero attached hydrogens (tertiary/aromatic N) is 2. The van der Waals surface area contributed by atoms with E-state index in [1.165, 1.54) is 17.0 Å². The molecule has 4 aromatic carbocycles. The zero-order valence-corrected chi connectivity index (χ0v) is 28.7. The van der Waals surface area contributed by atoms with Gasteiger partial charge in [0.05, 0.1) is 10.6 Å². The third kappa shape index (κ3) is 8.69. The minimum atomic E-state index is -4.20. The van der Waals surface area contributed by atoms with Crippen molar-refractivity contribution < 1.29 is 18.0 Å². The van der Waals surface area contributed by atoms with Gasteiger partial charge < -0.3 is 10.2 Å². The van der Waals surface area contributed by atoms with Crippen LogP contribution in [0.2, 0.25) is 10.0 Å². The zero-order chi connectivity index (χ0) is 33.4. The van der Waals surface area contributed by atoms with Crippen LogP contribution in [0.15, 0.2) is 102 Å². The molecule has 0 fully saturated rings. The lowest BCUT2D eigenvalue weighted by Crippen LogP contribution is -2.54. The summed E-state index contributed by atoms with van der Waals surface area (Å²) >= 11 is 13.2. The van der Waals surface area contributed by atoms with Gasteiger partial charge in [0.15, 0.2) is 0 Å². The first-order valence-corrected chi connectivity index (χ1v) is 17.3. The largest absolute Gasteiger partial charge is 0.354 e. The Bertz CT molecular complexity index is 1750. The molecule has 242 valence electrons. The van der Waals surface area contributed by atoms with Crippen LogP contribution >= 0.6 is 23.2 Å². The van der Waals surface area contributed by atoms with Crippen molar-refractivity contribution in [2.45, 2.75) is 51.6 Å². The van der Waals surface area contributed by atoms with Crippen molar-refractivity contribution >= 4 is 50.7 Å². The third-order valence-corrected chi connectivity index (χ3v) is 10.1. The summed E-state index contributed by atoms with van der Waals surface area (Å²) in [5, 5.41) is 3.64. The molecule has 1 N–H and O–H groups in total. The van der Waals surface area contributed by atoms with Crippen molar-refractivity contribution in [3.8, 4) is 0 Å². The van der Waals surface area contributed by atoms with Crippen LogP contribution in [0.4, 0.5) is 5.69 Å². The molecule has 0 saturated carbocycles. The number of nitrogens with one attached hydrogen (secondary N) is 1. The van der Waals surface area contributed by atoms with Gasteiger partial charge in [0.2, 0.25) is 11.8 Å². The van der Waals surface area contributed by atoms with E-state index in [1.54, 1.807) is 55.5 Å². The fourth-order valence-electron chi connectivity index (χ4n) is 5.15. The summed E-state index contributed by atoms with van der Waals surface area (Å²) in [5.41, 5.74) is 3.28. The number of anilines is 1. The zero-order valence-electron chi connectivity index (χ0n) is 26.4. The number of hydrogen-bond donors (Lipinski definition) is 1. The predicted molar refractivity (Wildman–Crippen MR) is 186 cm³/mol. The van der Waals surface area contributed by atoms with E-state index < -0.39 is 28.5 Å². The SMILES string of the molecule is Cc1ccc(N(CC(=O)N(Cc2c(Cl)cccc2Cl)[C@@H](Cc2ccccc2)C(=O)NCC(C)C)S(=O)(=O)c2ccccc2)c(C)c1. The molecule has 2 amide bonds. The summed E-state index contributed by atoms with van der Waals surface area (Å²) in [6.45, 7) is 7.40. The molecule has 0 aromatic heterocycles. The van der Waals surface area contributed by atoms with Crippen molar-refractivity contribution in [3.05, 3.63) is 129 Å². The Kier molecular flexibility index (Phi) is 11.9.